The summed E-state index contributed by atoms with van der Waals surface area (Å²) < 4.78 is 5.22. The molecule has 0 spiro atoms. The van der Waals surface area contributed by atoms with E-state index in [9.17, 15) is 0 Å². The van der Waals surface area contributed by atoms with Crippen LogP contribution in [0.4, 0.5) is 11.4 Å². The third kappa shape index (κ3) is 2.85. The summed E-state index contributed by atoms with van der Waals surface area (Å²) in [6, 6.07) is 3.75. The number of imidazole rings is 1. The number of hydrogen-bond donors (Lipinski definition) is 2. The van der Waals surface area contributed by atoms with Crippen LogP contribution in [0.1, 0.15) is 5.82 Å². The molecule has 0 radical (unpaired) electrons. The zero-order valence-electron chi connectivity index (χ0n) is 13.7. The number of rotatable bonds is 4. The van der Waals surface area contributed by atoms with Gasteiger partial charge in [-0.25, -0.2) is 15.0 Å². The maximum atomic E-state index is 5.22. The van der Waals surface area contributed by atoms with Crippen LogP contribution in [0.5, 0.6) is 5.75 Å². The number of hydrogen-bond acceptors (Lipinski definition) is 7. The highest BCUT2D eigenvalue weighted by Gasteiger charge is 2.14. The van der Waals surface area contributed by atoms with Gasteiger partial charge in [-0.1, -0.05) is 0 Å². The van der Waals surface area contributed by atoms with E-state index in [0.29, 0.717) is 17.2 Å². The summed E-state index contributed by atoms with van der Waals surface area (Å²) in [5.41, 5.74) is 4.62. The van der Waals surface area contributed by atoms with E-state index >= 15 is 0 Å². The molecule has 8 nitrogen and oxygen atoms in total. The molecule has 0 aromatic carbocycles. The molecule has 0 atom stereocenters. The quantitative estimate of drug-likeness (QED) is 0.592. The fourth-order valence-electron chi connectivity index (χ4n) is 2.58. The second-order valence-corrected chi connectivity index (χ2v) is 5.38. The lowest BCUT2D eigenvalue weighted by atomic mass is 10.1. The minimum Gasteiger partial charge on any atom is -0.495 e. The SMILES string of the molecule is COc1cncc(Nc2ccncc2-c2nc(C)nc3nc[nH]c23)c1. The van der Waals surface area contributed by atoms with Crippen LogP contribution in [0.25, 0.3) is 22.4 Å². The lowest BCUT2D eigenvalue weighted by Gasteiger charge is -2.12. The third-order valence-corrected chi connectivity index (χ3v) is 3.70. The molecule has 0 aliphatic rings. The van der Waals surface area contributed by atoms with Gasteiger partial charge in [0.2, 0.25) is 0 Å². The van der Waals surface area contributed by atoms with Gasteiger partial charge in [-0.3, -0.25) is 9.97 Å². The van der Waals surface area contributed by atoms with E-state index in [1.54, 1.807) is 38.2 Å². The van der Waals surface area contributed by atoms with Crippen LogP contribution < -0.4 is 10.1 Å². The number of anilines is 2. The Kier molecular flexibility index (Phi) is 3.70. The Morgan fingerprint density at radius 2 is 2.04 bits per heavy atom. The Bertz CT molecular complexity index is 1040. The van der Waals surface area contributed by atoms with Crippen molar-refractivity contribution < 1.29 is 4.74 Å². The van der Waals surface area contributed by atoms with Gasteiger partial charge in [0.1, 0.15) is 22.8 Å². The summed E-state index contributed by atoms with van der Waals surface area (Å²) in [5.74, 6) is 1.32. The Balaban J connectivity index is 1.82. The number of nitrogens with one attached hydrogen (secondary N) is 2. The lowest BCUT2D eigenvalue weighted by molar-refractivity contribution is 0.413. The van der Waals surface area contributed by atoms with E-state index in [0.717, 1.165) is 28.1 Å². The van der Waals surface area contributed by atoms with Gasteiger partial charge in [-0.05, 0) is 13.0 Å². The van der Waals surface area contributed by atoms with E-state index in [-0.39, 0.29) is 0 Å². The molecule has 0 unspecified atom stereocenters. The lowest BCUT2D eigenvalue weighted by Crippen LogP contribution is -1.99. The number of fused-ring (bicyclic) bond motifs is 1. The summed E-state index contributed by atoms with van der Waals surface area (Å²) in [6.45, 7) is 1.84. The van der Waals surface area contributed by atoms with Crippen molar-refractivity contribution in [3.8, 4) is 17.0 Å². The van der Waals surface area contributed by atoms with Gasteiger partial charge in [0.25, 0.3) is 0 Å². The first-order chi connectivity index (χ1) is 12.2. The molecule has 8 heteroatoms. The summed E-state index contributed by atoms with van der Waals surface area (Å²) in [4.78, 5) is 24.6. The average Bonchev–Trinajstić information content (AvgIpc) is 3.10. The minimum absolute atomic E-state index is 0.625. The van der Waals surface area contributed by atoms with Crippen molar-refractivity contribution in [3.63, 3.8) is 0 Å². The minimum atomic E-state index is 0.625. The highest BCUT2D eigenvalue weighted by atomic mass is 16.5. The second-order valence-electron chi connectivity index (χ2n) is 5.38. The molecule has 0 bridgehead atoms. The van der Waals surface area contributed by atoms with Crippen molar-refractivity contribution in [2.24, 2.45) is 0 Å². The fourth-order valence-corrected chi connectivity index (χ4v) is 2.58. The van der Waals surface area contributed by atoms with Crippen molar-refractivity contribution >= 4 is 22.5 Å². The van der Waals surface area contributed by atoms with Crippen molar-refractivity contribution in [1.29, 1.82) is 0 Å². The number of pyridine rings is 2. The first kappa shape index (κ1) is 15.0. The summed E-state index contributed by atoms with van der Waals surface area (Å²) in [5, 5.41) is 3.34. The van der Waals surface area contributed by atoms with Crippen LogP contribution in [0.15, 0.2) is 43.2 Å². The number of methoxy groups -OCH3 is 1. The van der Waals surface area contributed by atoms with Crippen molar-refractivity contribution in [2.75, 3.05) is 12.4 Å². The van der Waals surface area contributed by atoms with Crippen LogP contribution in [-0.4, -0.2) is 37.0 Å². The normalized spacial score (nSPS) is 10.8. The number of H-pyrrole nitrogens is 1. The van der Waals surface area contributed by atoms with Gasteiger partial charge in [0, 0.05) is 24.0 Å². The molecule has 4 rings (SSSR count). The Hall–Kier alpha value is -3.55. The largest absolute Gasteiger partial charge is 0.495 e. The molecular formula is C17H15N7O. The molecule has 0 saturated carbocycles. The standard InChI is InChI=1S/C17H15N7O/c1-10-22-15(16-17(23-10)21-9-20-16)13-8-18-4-3-14(13)24-11-5-12(25-2)7-19-6-11/h3-9H,1-2H3,(H,18,24)(H,20,21,22,23). The summed E-state index contributed by atoms with van der Waals surface area (Å²) in [6.07, 6.45) is 8.47. The first-order valence-electron chi connectivity index (χ1n) is 7.63. The number of ether oxygens (including phenoxy) is 1. The zero-order chi connectivity index (χ0) is 17.2. The molecule has 4 aromatic rings. The highest BCUT2D eigenvalue weighted by molar-refractivity contribution is 5.92. The average molecular weight is 333 g/mol. The number of nitrogens with zero attached hydrogens (tertiary/aromatic N) is 5. The van der Waals surface area contributed by atoms with E-state index < -0.39 is 0 Å². The van der Waals surface area contributed by atoms with Crippen molar-refractivity contribution in [1.82, 2.24) is 29.9 Å². The number of aromatic amines is 1. The molecule has 0 amide bonds. The van der Waals surface area contributed by atoms with Gasteiger partial charge < -0.3 is 15.0 Å². The molecule has 25 heavy (non-hydrogen) atoms. The van der Waals surface area contributed by atoms with Crippen molar-refractivity contribution in [3.05, 3.63) is 49.1 Å². The predicted molar refractivity (Wildman–Crippen MR) is 93.7 cm³/mol. The molecular weight excluding hydrogens is 318 g/mol. The smallest absolute Gasteiger partial charge is 0.181 e. The van der Waals surface area contributed by atoms with Crippen LogP contribution in [0.3, 0.4) is 0 Å². The predicted octanol–water partition coefficient (Wildman–Crippen LogP) is 2.87. The van der Waals surface area contributed by atoms with Gasteiger partial charge in [-0.2, -0.15) is 0 Å². The first-order valence-corrected chi connectivity index (χ1v) is 7.63. The maximum Gasteiger partial charge on any atom is 0.181 e. The van der Waals surface area contributed by atoms with E-state index in [4.69, 9.17) is 4.74 Å². The number of aromatic nitrogens is 6. The van der Waals surface area contributed by atoms with Crippen LogP contribution in [-0.2, 0) is 0 Å². The third-order valence-electron chi connectivity index (χ3n) is 3.70. The number of aryl methyl sites for hydroxylation is 1. The van der Waals surface area contributed by atoms with Crippen molar-refractivity contribution in [2.45, 2.75) is 6.92 Å². The fraction of sp³-hybridized carbons (Fsp3) is 0.118. The summed E-state index contributed by atoms with van der Waals surface area (Å²) in [7, 11) is 1.61. The summed E-state index contributed by atoms with van der Waals surface area (Å²) >= 11 is 0. The Labute approximate surface area is 143 Å². The molecule has 4 heterocycles. The monoisotopic (exact) mass is 333 g/mol. The topological polar surface area (TPSA) is 102 Å². The van der Waals surface area contributed by atoms with E-state index in [2.05, 4.69) is 35.2 Å². The molecule has 124 valence electrons. The molecule has 0 aliphatic heterocycles. The molecule has 2 N–H and O–H groups in total. The van der Waals surface area contributed by atoms with Crippen LogP contribution in [0.2, 0.25) is 0 Å². The molecule has 0 aliphatic carbocycles. The van der Waals surface area contributed by atoms with E-state index in [1.807, 2.05) is 19.1 Å². The molecule has 4 aromatic heterocycles. The maximum absolute atomic E-state index is 5.22. The van der Waals surface area contributed by atoms with Gasteiger partial charge in [0.15, 0.2) is 5.65 Å². The van der Waals surface area contributed by atoms with Gasteiger partial charge >= 0.3 is 0 Å². The molecule has 0 saturated heterocycles. The zero-order valence-corrected chi connectivity index (χ0v) is 13.7. The van der Waals surface area contributed by atoms with E-state index in [1.165, 1.54) is 0 Å². The second kappa shape index (κ2) is 6.16. The molecule has 0 fully saturated rings. The Morgan fingerprint density at radius 1 is 1.12 bits per heavy atom. The van der Waals surface area contributed by atoms with Gasteiger partial charge in [0.05, 0.1) is 37.2 Å². The van der Waals surface area contributed by atoms with Crippen LogP contribution >= 0.6 is 0 Å². The van der Waals surface area contributed by atoms with Crippen LogP contribution in [0, 0.1) is 6.92 Å². The highest BCUT2D eigenvalue weighted by Crippen LogP contribution is 2.32. The van der Waals surface area contributed by atoms with Gasteiger partial charge in [-0.15, -0.1) is 0 Å². The Morgan fingerprint density at radius 3 is 2.92 bits per heavy atom.